The van der Waals surface area contributed by atoms with Crippen molar-refractivity contribution in [2.45, 2.75) is 19.8 Å². The molecular formula is C21H19FN4O. The van der Waals surface area contributed by atoms with E-state index in [2.05, 4.69) is 15.2 Å². The molecular weight excluding hydrogens is 343 g/mol. The molecule has 0 fully saturated rings. The minimum atomic E-state index is -0.253. The van der Waals surface area contributed by atoms with Gasteiger partial charge in [-0.05, 0) is 50.1 Å². The number of pyridine rings is 2. The molecule has 5 nitrogen and oxygen atoms in total. The maximum atomic E-state index is 14.2. The quantitative estimate of drug-likeness (QED) is 0.538. The van der Waals surface area contributed by atoms with Gasteiger partial charge in [-0.25, -0.2) is 4.39 Å². The first kappa shape index (κ1) is 17.1. The maximum absolute atomic E-state index is 14.2. The lowest BCUT2D eigenvalue weighted by Crippen LogP contribution is -2.03. The average Bonchev–Trinajstić information content (AvgIpc) is 3.17. The molecule has 0 bridgehead atoms. The van der Waals surface area contributed by atoms with Crippen molar-refractivity contribution in [2.24, 2.45) is 0 Å². The Balaban J connectivity index is 1.70. The first-order chi connectivity index (χ1) is 13.2. The number of fused-ring (bicyclic) bond motifs is 1. The Hall–Kier alpha value is -3.28. The van der Waals surface area contributed by atoms with Gasteiger partial charge in [0.1, 0.15) is 17.9 Å². The summed E-state index contributed by atoms with van der Waals surface area (Å²) in [6.45, 7) is 1.97. The van der Waals surface area contributed by atoms with Crippen molar-refractivity contribution >= 4 is 5.65 Å². The molecule has 136 valence electrons. The molecule has 0 aliphatic rings. The fourth-order valence-electron chi connectivity index (χ4n) is 3.37. The maximum Gasteiger partial charge on any atom is 0.168 e. The first-order valence-corrected chi connectivity index (χ1v) is 8.74. The van der Waals surface area contributed by atoms with Crippen molar-refractivity contribution < 1.29 is 9.13 Å². The van der Waals surface area contributed by atoms with Gasteiger partial charge < -0.3 is 4.74 Å². The van der Waals surface area contributed by atoms with Crippen molar-refractivity contribution in [3.63, 3.8) is 0 Å². The molecule has 0 aliphatic carbocycles. The molecule has 0 N–H and O–H groups in total. The summed E-state index contributed by atoms with van der Waals surface area (Å²) in [5.41, 5.74) is 5.29. The summed E-state index contributed by atoms with van der Waals surface area (Å²) in [4.78, 5) is 4.36. The van der Waals surface area contributed by atoms with Gasteiger partial charge in [-0.1, -0.05) is 12.1 Å². The van der Waals surface area contributed by atoms with E-state index in [1.54, 1.807) is 31.8 Å². The standard InChI is InChI=1S/C21H19FN4O/c1-14-16(5-4-12-23-14)17-10-8-15(26-13-24-25-21(17)26)9-11-18-19(22)6-3-7-20(18)27-2/h3-8,10,12-13H,9,11H2,1-2H3. The van der Waals surface area contributed by atoms with E-state index in [1.807, 2.05) is 35.6 Å². The Labute approximate surface area is 156 Å². The first-order valence-electron chi connectivity index (χ1n) is 8.74. The van der Waals surface area contributed by atoms with E-state index in [0.717, 1.165) is 28.2 Å². The third-order valence-electron chi connectivity index (χ3n) is 4.76. The summed E-state index contributed by atoms with van der Waals surface area (Å²) in [5, 5.41) is 8.37. The predicted molar refractivity (Wildman–Crippen MR) is 101 cm³/mol. The van der Waals surface area contributed by atoms with Gasteiger partial charge in [0.25, 0.3) is 0 Å². The lowest BCUT2D eigenvalue weighted by Gasteiger charge is -2.12. The van der Waals surface area contributed by atoms with Crippen LogP contribution in [-0.2, 0) is 12.8 Å². The van der Waals surface area contributed by atoms with Crippen LogP contribution in [0.1, 0.15) is 17.0 Å². The van der Waals surface area contributed by atoms with Gasteiger partial charge in [-0.2, -0.15) is 0 Å². The number of methoxy groups -OCH3 is 1. The van der Waals surface area contributed by atoms with E-state index < -0.39 is 0 Å². The summed E-state index contributed by atoms with van der Waals surface area (Å²) >= 11 is 0. The highest BCUT2D eigenvalue weighted by Gasteiger charge is 2.14. The van der Waals surface area contributed by atoms with Crippen LogP contribution in [0.15, 0.2) is 55.0 Å². The van der Waals surface area contributed by atoms with Crippen LogP contribution in [0, 0.1) is 12.7 Å². The fourth-order valence-corrected chi connectivity index (χ4v) is 3.37. The monoisotopic (exact) mass is 362 g/mol. The van der Waals surface area contributed by atoms with Crippen LogP contribution in [0.25, 0.3) is 16.8 Å². The van der Waals surface area contributed by atoms with Gasteiger partial charge in [0, 0.05) is 34.3 Å². The van der Waals surface area contributed by atoms with Crippen LogP contribution in [0.4, 0.5) is 4.39 Å². The molecule has 0 unspecified atom stereocenters. The van der Waals surface area contributed by atoms with Crippen LogP contribution in [0.3, 0.4) is 0 Å². The number of benzene rings is 1. The zero-order valence-electron chi connectivity index (χ0n) is 15.2. The van der Waals surface area contributed by atoms with E-state index in [1.165, 1.54) is 6.07 Å². The van der Waals surface area contributed by atoms with Crippen LogP contribution in [0.2, 0.25) is 0 Å². The molecule has 0 aliphatic heterocycles. The predicted octanol–water partition coefficient (Wildman–Crippen LogP) is 4.03. The van der Waals surface area contributed by atoms with Gasteiger partial charge in [0.2, 0.25) is 0 Å². The third kappa shape index (κ3) is 3.14. The van der Waals surface area contributed by atoms with Gasteiger partial charge in [-0.15, -0.1) is 10.2 Å². The number of aryl methyl sites for hydroxylation is 2. The number of halogens is 1. The van der Waals surface area contributed by atoms with Gasteiger partial charge in [0.15, 0.2) is 5.65 Å². The molecule has 4 aromatic rings. The van der Waals surface area contributed by atoms with E-state index in [0.29, 0.717) is 24.2 Å². The van der Waals surface area contributed by atoms with Crippen LogP contribution in [0.5, 0.6) is 5.75 Å². The Morgan fingerprint density at radius 3 is 2.74 bits per heavy atom. The van der Waals surface area contributed by atoms with Crippen molar-refractivity contribution in [1.29, 1.82) is 0 Å². The lowest BCUT2D eigenvalue weighted by molar-refractivity contribution is 0.404. The number of hydrogen-bond acceptors (Lipinski definition) is 4. The zero-order chi connectivity index (χ0) is 18.8. The number of ether oxygens (including phenoxy) is 1. The van der Waals surface area contributed by atoms with Crippen molar-refractivity contribution in [2.75, 3.05) is 7.11 Å². The second-order valence-electron chi connectivity index (χ2n) is 6.32. The molecule has 0 saturated heterocycles. The number of rotatable bonds is 5. The smallest absolute Gasteiger partial charge is 0.168 e. The molecule has 3 heterocycles. The topological polar surface area (TPSA) is 52.3 Å². The summed E-state index contributed by atoms with van der Waals surface area (Å²) < 4.78 is 21.5. The Morgan fingerprint density at radius 1 is 1.04 bits per heavy atom. The molecule has 3 aromatic heterocycles. The lowest BCUT2D eigenvalue weighted by atomic mass is 10.0. The van der Waals surface area contributed by atoms with Crippen LogP contribution in [-0.4, -0.2) is 26.7 Å². The highest BCUT2D eigenvalue weighted by atomic mass is 19.1. The summed E-state index contributed by atoms with van der Waals surface area (Å²) in [6.07, 6.45) is 4.63. The molecule has 0 atom stereocenters. The summed E-state index contributed by atoms with van der Waals surface area (Å²) in [6, 6.07) is 12.9. The van der Waals surface area contributed by atoms with Crippen molar-refractivity contribution in [3.8, 4) is 16.9 Å². The molecule has 4 rings (SSSR count). The molecule has 0 spiro atoms. The third-order valence-corrected chi connectivity index (χ3v) is 4.76. The van der Waals surface area contributed by atoms with Crippen LogP contribution < -0.4 is 4.74 Å². The second-order valence-corrected chi connectivity index (χ2v) is 6.32. The highest BCUT2D eigenvalue weighted by Crippen LogP contribution is 2.27. The Bertz CT molecular complexity index is 1110. The van der Waals surface area contributed by atoms with Crippen molar-refractivity contribution in [3.05, 3.63) is 77.8 Å². The van der Waals surface area contributed by atoms with E-state index in [4.69, 9.17) is 4.74 Å². The Kier molecular flexibility index (Phi) is 4.54. The van der Waals surface area contributed by atoms with E-state index in [9.17, 15) is 4.39 Å². The molecule has 27 heavy (non-hydrogen) atoms. The summed E-state index contributed by atoms with van der Waals surface area (Å²) in [5.74, 6) is 0.314. The van der Waals surface area contributed by atoms with Gasteiger partial charge in [-0.3, -0.25) is 9.38 Å². The highest BCUT2D eigenvalue weighted by molar-refractivity contribution is 5.78. The van der Waals surface area contributed by atoms with E-state index in [-0.39, 0.29) is 5.82 Å². The Morgan fingerprint density at radius 2 is 1.93 bits per heavy atom. The second kappa shape index (κ2) is 7.15. The number of nitrogens with zero attached hydrogens (tertiary/aromatic N) is 4. The SMILES string of the molecule is COc1cccc(F)c1CCc1ccc(-c2cccnc2C)c2nncn12. The number of aromatic nitrogens is 4. The van der Waals surface area contributed by atoms with E-state index >= 15 is 0 Å². The molecule has 6 heteroatoms. The van der Waals surface area contributed by atoms with Crippen molar-refractivity contribution in [1.82, 2.24) is 19.6 Å². The fraction of sp³-hybridized carbons (Fsp3) is 0.190. The minimum Gasteiger partial charge on any atom is -0.496 e. The largest absolute Gasteiger partial charge is 0.496 e. The molecule has 0 amide bonds. The number of hydrogen-bond donors (Lipinski definition) is 0. The average molecular weight is 362 g/mol. The summed E-state index contributed by atoms with van der Waals surface area (Å²) in [7, 11) is 1.56. The zero-order valence-corrected chi connectivity index (χ0v) is 15.2. The van der Waals surface area contributed by atoms with Crippen LogP contribution >= 0.6 is 0 Å². The van der Waals surface area contributed by atoms with Gasteiger partial charge >= 0.3 is 0 Å². The molecule has 0 saturated carbocycles. The minimum absolute atomic E-state index is 0.253. The normalized spacial score (nSPS) is 11.1. The van der Waals surface area contributed by atoms with Gasteiger partial charge in [0.05, 0.1) is 7.11 Å². The molecule has 0 radical (unpaired) electrons. The molecule has 1 aromatic carbocycles.